The lowest BCUT2D eigenvalue weighted by Gasteiger charge is -2.11. The highest BCUT2D eigenvalue weighted by Crippen LogP contribution is 2.29. The van der Waals surface area contributed by atoms with Crippen LogP contribution in [0.5, 0.6) is 17.2 Å². The van der Waals surface area contributed by atoms with Gasteiger partial charge in [0.1, 0.15) is 27.0 Å². The van der Waals surface area contributed by atoms with E-state index < -0.39 is 19.6 Å². The highest BCUT2D eigenvalue weighted by atomic mass is 32.2. The molecule has 0 aliphatic rings. The topological polar surface area (TPSA) is 93.5 Å². The van der Waals surface area contributed by atoms with E-state index in [0.717, 1.165) is 5.56 Å². The maximum Gasteiger partial charge on any atom is 0.206 e. The molecule has 0 aliphatic heterocycles. The van der Waals surface area contributed by atoms with Gasteiger partial charge in [0.05, 0.1) is 26.7 Å². The molecule has 0 spiro atoms. The van der Waals surface area contributed by atoms with Gasteiger partial charge in [0, 0.05) is 0 Å². The molecule has 4 rings (SSSR count). The zero-order chi connectivity index (χ0) is 24.3. The summed E-state index contributed by atoms with van der Waals surface area (Å²) in [6, 6.07) is 25.9. The van der Waals surface area contributed by atoms with Crippen molar-refractivity contribution in [2.75, 3.05) is 7.11 Å². The Balaban J connectivity index is 1.50. The van der Waals surface area contributed by atoms with Crippen LogP contribution in [0.25, 0.3) is 0 Å². The van der Waals surface area contributed by atoms with Crippen LogP contribution in [0, 0.1) is 11.7 Å². The third-order valence-corrected chi connectivity index (χ3v) is 8.91. The molecule has 34 heavy (non-hydrogen) atoms. The summed E-state index contributed by atoms with van der Waals surface area (Å²) in [7, 11) is -5.28. The van der Waals surface area contributed by atoms with Crippen LogP contribution in [0.3, 0.4) is 0 Å². The minimum absolute atomic E-state index is 0.146. The summed E-state index contributed by atoms with van der Waals surface area (Å²) in [6.45, 7) is 1.93. The molecule has 0 aliphatic carbocycles. The summed E-state index contributed by atoms with van der Waals surface area (Å²) in [5.74, 6) is 1.51. The summed E-state index contributed by atoms with van der Waals surface area (Å²) >= 11 is 0. The molecule has 1 N–H and O–H groups in total. The second kappa shape index (κ2) is 9.32. The molecule has 0 radical (unpaired) electrons. The molecule has 0 aromatic heterocycles. The first-order chi connectivity index (χ1) is 16.2. The number of sulfone groups is 1. The van der Waals surface area contributed by atoms with E-state index >= 15 is 0 Å². The first-order valence-corrected chi connectivity index (χ1v) is 13.4. The lowest BCUT2D eigenvalue weighted by Crippen LogP contribution is -2.02. The van der Waals surface area contributed by atoms with Crippen molar-refractivity contribution in [3.8, 4) is 17.2 Å². The minimum atomic E-state index is -3.67. The van der Waals surface area contributed by atoms with Gasteiger partial charge in [0.15, 0.2) is 0 Å². The summed E-state index contributed by atoms with van der Waals surface area (Å²) in [4.78, 5) is 1.14. The molecule has 8 heteroatoms. The Bertz CT molecular complexity index is 1490. The Morgan fingerprint density at radius 1 is 0.559 bits per heavy atom. The van der Waals surface area contributed by atoms with E-state index in [4.69, 9.17) is 14.3 Å². The van der Waals surface area contributed by atoms with Crippen LogP contribution in [0.4, 0.5) is 0 Å². The summed E-state index contributed by atoms with van der Waals surface area (Å²) in [5.41, 5.74) is 1.03. The number of hydrogen-bond acceptors (Lipinski definition) is 6. The maximum atomic E-state index is 13.0. The average Bonchev–Trinajstić information content (AvgIpc) is 2.85. The molecule has 174 valence electrons. The Labute approximate surface area is 199 Å². The van der Waals surface area contributed by atoms with Crippen LogP contribution in [-0.2, 0) is 19.6 Å². The lowest BCUT2D eigenvalue weighted by atomic mass is 10.2. The molecular formula is C26H23NO5S2. The van der Waals surface area contributed by atoms with Crippen LogP contribution in [0.15, 0.2) is 117 Å². The van der Waals surface area contributed by atoms with Gasteiger partial charge in [-0.1, -0.05) is 17.7 Å². The Hall–Kier alpha value is -3.62. The van der Waals surface area contributed by atoms with Crippen LogP contribution in [0.2, 0.25) is 0 Å². The van der Waals surface area contributed by atoms with E-state index in [-0.39, 0.29) is 9.79 Å². The van der Waals surface area contributed by atoms with Gasteiger partial charge in [-0.25, -0.2) is 17.4 Å². The fourth-order valence-corrected chi connectivity index (χ4v) is 5.85. The SMILES string of the molecule is COc1ccc(S(=O)(=O)c2ccc(Oc3ccc(S(=N)(=O)c4ccc(C)cc4)cc3)cc2)cc1. The molecule has 1 atom stereocenters. The van der Waals surface area contributed by atoms with E-state index in [0.29, 0.717) is 27.0 Å². The van der Waals surface area contributed by atoms with Gasteiger partial charge < -0.3 is 9.47 Å². The molecule has 0 fully saturated rings. The van der Waals surface area contributed by atoms with Crippen molar-refractivity contribution in [1.82, 2.24) is 0 Å². The number of aryl methyl sites for hydroxylation is 1. The van der Waals surface area contributed by atoms with Gasteiger partial charge in [-0.15, -0.1) is 0 Å². The average molecular weight is 494 g/mol. The number of rotatable bonds is 7. The molecule has 4 aromatic carbocycles. The molecule has 0 heterocycles. The van der Waals surface area contributed by atoms with Crippen molar-refractivity contribution < 1.29 is 22.1 Å². The summed E-state index contributed by atoms with van der Waals surface area (Å²) in [6.07, 6.45) is 0. The van der Waals surface area contributed by atoms with Crippen molar-refractivity contribution in [3.63, 3.8) is 0 Å². The number of methoxy groups -OCH3 is 1. The predicted octanol–water partition coefficient (Wildman–Crippen LogP) is 6.09. The quantitative estimate of drug-likeness (QED) is 0.336. The fourth-order valence-electron chi connectivity index (χ4n) is 3.28. The van der Waals surface area contributed by atoms with Crippen LogP contribution >= 0.6 is 0 Å². The monoisotopic (exact) mass is 493 g/mol. The van der Waals surface area contributed by atoms with Gasteiger partial charge in [-0.05, 0) is 91.9 Å². The molecule has 0 bridgehead atoms. The van der Waals surface area contributed by atoms with E-state index in [2.05, 4.69) is 0 Å². The van der Waals surface area contributed by atoms with Crippen molar-refractivity contribution in [2.45, 2.75) is 26.5 Å². The van der Waals surface area contributed by atoms with Crippen molar-refractivity contribution in [2.24, 2.45) is 0 Å². The Morgan fingerprint density at radius 2 is 0.912 bits per heavy atom. The molecule has 4 aromatic rings. The molecule has 0 saturated carbocycles. The van der Waals surface area contributed by atoms with E-state index in [1.807, 2.05) is 19.1 Å². The molecule has 1 unspecified atom stereocenters. The third kappa shape index (κ3) is 4.83. The first-order valence-electron chi connectivity index (χ1n) is 10.3. The van der Waals surface area contributed by atoms with E-state index in [1.54, 1.807) is 60.7 Å². The molecule has 0 amide bonds. The second-order valence-corrected chi connectivity index (χ2v) is 11.6. The first kappa shape index (κ1) is 23.5. The lowest BCUT2D eigenvalue weighted by molar-refractivity contribution is 0.414. The van der Waals surface area contributed by atoms with Crippen molar-refractivity contribution >= 4 is 19.6 Å². The Kier molecular flexibility index (Phi) is 6.45. The zero-order valence-corrected chi connectivity index (χ0v) is 20.2. The second-order valence-electron chi connectivity index (χ2n) is 7.59. The van der Waals surface area contributed by atoms with Gasteiger partial charge in [0.25, 0.3) is 0 Å². The highest BCUT2D eigenvalue weighted by molar-refractivity contribution is 7.92. The van der Waals surface area contributed by atoms with Gasteiger partial charge in [0.2, 0.25) is 9.84 Å². The van der Waals surface area contributed by atoms with Crippen molar-refractivity contribution in [3.05, 3.63) is 103 Å². The van der Waals surface area contributed by atoms with Crippen LogP contribution in [-0.4, -0.2) is 19.7 Å². The third-order valence-electron chi connectivity index (χ3n) is 5.25. The largest absolute Gasteiger partial charge is 0.497 e. The summed E-state index contributed by atoms with van der Waals surface area (Å²) < 4.78 is 58.0. The zero-order valence-electron chi connectivity index (χ0n) is 18.6. The number of ether oxygens (including phenoxy) is 2. The van der Waals surface area contributed by atoms with E-state index in [1.165, 1.54) is 31.4 Å². The highest BCUT2D eigenvalue weighted by Gasteiger charge is 2.18. The smallest absolute Gasteiger partial charge is 0.206 e. The van der Waals surface area contributed by atoms with Crippen LogP contribution in [0.1, 0.15) is 5.56 Å². The molecular weight excluding hydrogens is 470 g/mol. The maximum absolute atomic E-state index is 13.0. The van der Waals surface area contributed by atoms with E-state index in [9.17, 15) is 12.6 Å². The number of hydrogen-bond donors (Lipinski definition) is 1. The van der Waals surface area contributed by atoms with Crippen LogP contribution < -0.4 is 9.47 Å². The van der Waals surface area contributed by atoms with Gasteiger partial charge in [-0.3, -0.25) is 0 Å². The number of benzene rings is 4. The van der Waals surface area contributed by atoms with Gasteiger partial charge >= 0.3 is 0 Å². The van der Waals surface area contributed by atoms with Crippen molar-refractivity contribution in [1.29, 1.82) is 4.78 Å². The normalized spacial score (nSPS) is 13.1. The Morgan fingerprint density at radius 3 is 1.32 bits per heavy atom. The fraction of sp³-hybridized carbons (Fsp3) is 0.0769. The molecule has 6 nitrogen and oxygen atoms in total. The standard InChI is InChI=1S/C26H23NO5S2/c1-19-3-11-23(12-4-19)33(27,28)24-13-7-21(8-14-24)32-22-9-17-26(18-10-22)34(29,30)25-15-5-20(31-2)6-16-25/h3-18,27H,1-2H3. The number of nitrogens with one attached hydrogen (secondary N) is 1. The minimum Gasteiger partial charge on any atom is -0.497 e. The molecule has 0 saturated heterocycles. The predicted molar refractivity (Wildman–Crippen MR) is 130 cm³/mol. The summed E-state index contributed by atoms with van der Waals surface area (Å²) in [5, 5.41) is 0. The van der Waals surface area contributed by atoms with Gasteiger partial charge in [-0.2, -0.15) is 0 Å².